The van der Waals surface area contributed by atoms with Crippen molar-refractivity contribution in [1.82, 2.24) is 0 Å². The predicted octanol–water partition coefficient (Wildman–Crippen LogP) is 2.94. The molecule has 0 radical (unpaired) electrons. The number of esters is 1. The molecule has 0 saturated carbocycles. The van der Waals surface area contributed by atoms with Crippen LogP contribution >= 0.6 is 0 Å². The molecule has 3 rings (SSSR count). The largest absolute Gasteiger partial charge is 0.507 e. The fraction of sp³-hybridized carbons (Fsp3) is 0.0556. The first-order valence-corrected chi connectivity index (χ1v) is 6.94. The lowest BCUT2D eigenvalue weighted by atomic mass is 10.1. The number of aromatic hydroxyl groups is 1. The first kappa shape index (κ1) is 14.7. The van der Waals surface area contributed by atoms with E-state index in [9.17, 15) is 9.90 Å². The van der Waals surface area contributed by atoms with Crippen LogP contribution in [0.15, 0.2) is 70.8 Å². The third kappa shape index (κ3) is 2.76. The Morgan fingerprint density at radius 3 is 2.52 bits per heavy atom. The van der Waals surface area contributed by atoms with E-state index >= 15 is 0 Å². The summed E-state index contributed by atoms with van der Waals surface area (Å²) in [5.74, 6) is -0.321. The highest BCUT2D eigenvalue weighted by Gasteiger charge is 2.20. The molecule has 0 spiro atoms. The summed E-state index contributed by atoms with van der Waals surface area (Å²) in [7, 11) is 1.26. The van der Waals surface area contributed by atoms with Crippen molar-refractivity contribution < 1.29 is 14.6 Å². The van der Waals surface area contributed by atoms with E-state index in [0.29, 0.717) is 22.8 Å². The first-order valence-electron chi connectivity index (χ1n) is 6.94. The zero-order valence-corrected chi connectivity index (χ0v) is 12.5. The van der Waals surface area contributed by atoms with Gasteiger partial charge in [-0.2, -0.15) is 0 Å². The molecule has 5 heteroatoms. The Kier molecular flexibility index (Phi) is 3.76. The smallest absolute Gasteiger partial charge is 0.341 e. The Labute approximate surface area is 133 Å². The quantitative estimate of drug-likeness (QED) is 0.886. The van der Waals surface area contributed by atoms with Gasteiger partial charge in [0.15, 0.2) is 5.84 Å². The highest BCUT2D eigenvalue weighted by Crippen LogP contribution is 2.24. The van der Waals surface area contributed by atoms with E-state index in [1.165, 1.54) is 19.2 Å². The fourth-order valence-electron chi connectivity index (χ4n) is 2.28. The maximum Gasteiger partial charge on any atom is 0.341 e. The van der Waals surface area contributed by atoms with Crippen molar-refractivity contribution >= 4 is 17.5 Å². The standard InChI is InChI=1S/C18H14N2O3/c1-11-16(12-6-4-3-5-7-12)20-17(19-11)13-8-9-15(21)14(10-13)18(22)23-2/h3-10,21H,1H2,2H3. The zero-order chi connectivity index (χ0) is 16.4. The molecule has 5 nitrogen and oxygen atoms in total. The van der Waals surface area contributed by atoms with Crippen molar-refractivity contribution in [1.29, 1.82) is 0 Å². The minimum Gasteiger partial charge on any atom is -0.507 e. The van der Waals surface area contributed by atoms with Gasteiger partial charge < -0.3 is 9.84 Å². The number of aliphatic imine (C=N–C) groups is 2. The van der Waals surface area contributed by atoms with Gasteiger partial charge in [-0.05, 0) is 18.2 Å². The molecule has 0 atom stereocenters. The topological polar surface area (TPSA) is 71.2 Å². The number of hydrogen-bond acceptors (Lipinski definition) is 5. The number of benzene rings is 2. The molecule has 0 unspecified atom stereocenters. The lowest BCUT2D eigenvalue weighted by Crippen LogP contribution is -2.04. The molecule has 2 aromatic rings. The van der Waals surface area contributed by atoms with E-state index in [1.807, 2.05) is 30.3 Å². The predicted molar refractivity (Wildman–Crippen MR) is 88.1 cm³/mol. The molecule has 0 fully saturated rings. The molecule has 1 N–H and O–H groups in total. The van der Waals surface area contributed by atoms with Gasteiger partial charge >= 0.3 is 5.97 Å². The van der Waals surface area contributed by atoms with Crippen LogP contribution in [0.1, 0.15) is 21.5 Å². The van der Waals surface area contributed by atoms with E-state index in [2.05, 4.69) is 21.3 Å². The first-order chi connectivity index (χ1) is 11.1. The summed E-state index contributed by atoms with van der Waals surface area (Å²) in [6, 6.07) is 14.2. The summed E-state index contributed by atoms with van der Waals surface area (Å²) in [5.41, 5.74) is 2.84. The average molecular weight is 306 g/mol. The van der Waals surface area contributed by atoms with Crippen LogP contribution in [0, 0.1) is 0 Å². The Balaban J connectivity index is 2.00. The number of phenolic OH excluding ortho intramolecular Hbond substituents is 1. The maximum absolute atomic E-state index is 11.7. The molecule has 23 heavy (non-hydrogen) atoms. The normalized spacial score (nSPS) is 13.5. The van der Waals surface area contributed by atoms with Crippen molar-refractivity contribution in [2.24, 2.45) is 9.98 Å². The Morgan fingerprint density at radius 1 is 1.09 bits per heavy atom. The van der Waals surface area contributed by atoms with Crippen molar-refractivity contribution in [3.63, 3.8) is 0 Å². The van der Waals surface area contributed by atoms with E-state index in [-0.39, 0.29) is 11.3 Å². The second-order valence-electron chi connectivity index (χ2n) is 4.93. The number of hydrogen-bond donors (Lipinski definition) is 1. The SMILES string of the molecule is C=C1N=C(c2ccc(O)c(C(=O)OC)c2)N=C1c1ccccc1. The Hall–Kier alpha value is -3.21. The van der Waals surface area contributed by atoms with Crippen molar-refractivity contribution in [3.8, 4) is 5.75 Å². The van der Waals surface area contributed by atoms with Gasteiger partial charge in [0.25, 0.3) is 0 Å². The molecule has 1 aliphatic heterocycles. The second-order valence-corrected chi connectivity index (χ2v) is 4.93. The van der Waals surface area contributed by atoms with E-state index in [0.717, 1.165) is 5.56 Å². The van der Waals surface area contributed by atoms with Gasteiger partial charge in [0.2, 0.25) is 0 Å². The number of ether oxygens (including phenoxy) is 1. The molecule has 1 aliphatic rings. The second kappa shape index (κ2) is 5.88. The summed E-state index contributed by atoms with van der Waals surface area (Å²) in [4.78, 5) is 20.5. The van der Waals surface area contributed by atoms with E-state index < -0.39 is 5.97 Å². The van der Waals surface area contributed by atoms with Crippen molar-refractivity contribution in [2.75, 3.05) is 7.11 Å². The molecular weight excluding hydrogens is 292 g/mol. The molecular formula is C18H14N2O3. The van der Waals surface area contributed by atoms with Gasteiger partial charge in [-0.15, -0.1) is 0 Å². The van der Waals surface area contributed by atoms with Crippen molar-refractivity contribution in [2.45, 2.75) is 0 Å². The molecule has 0 bridgehead atoms. The molecule has 2 aromatic carbocycles. The molecule has 0 saturated heterocycles. The van der Waals surface area contributed by atoms with Gasteiger partial charge in [0.1, 0.15) is 11.3 Å². The Bertz CT molecular complexity index is 852. The minimum atomic E-state index is -0.617. The number of amidine groups is 1. The molecule has 114 valence electrons. The number of rotatable bonds is 3. The monoisotopic (exact) mass is 306 g/mol. The van der Waals surface area contributed by atoms with Crippen LogP contribution in [0.3, 0.4) is 0 Å². The van der Waals surface area contributed by atoms with Gasteiger partial charge in [0, 0.05) is 11.1 Å². The van der Waals surface area contributed by atoms with Crippen LogP contribution in [-0.4, -0.2) is 29.7 Å². The third-order valence-corrected chi connectivity index (χ3v) is 3.44. The van der Waals surface area contributed by atoms with Gasteiger partial charge in [-0.25, -0.2) is 14.8 Å². The Morgan fingerprint density at radius 2 is 1.83 bits per heavy atom. The van der Waals surface area contributed by atoms with Crippen LogP contribution in [0.4, 0.5) is 0 Å². The lowest BCUT2D eigenvalue weighted by molar-refractivity contribution is 0.0597. The van der Waals surface area contributed by atoms with Crippen molar-refractivity contribution in [3.05, 3.63) is 77.5 Å². The number of carbonyl (C=O) groups excluding carboxylic acids is 1. The van der Waals surface area contributed by atoms with Gasteiger partial charge in [-0.1, -0.05) is 36.9 Å². The third-order valence-electron chi connectivity index (χ3n) is 3.44. The summed E-state index contributed by atoms with van der Waals surface area (Å²) in [5, 5.41) is 9.77. The molecule has 1 heterocycles. The number of nitrogens with zero attached hydrogens (tertiary/aromatic N) is 2. The van der Waals surface area contributed by atoms with Crippen LogP contribution in [0.25, 0.3) is 0 Å². The van der Waals surface area contributed by atoms with Gasteiger partial charge in [0.05, 0.1) is 18.5 Å². The van der Waals surface area contributed by atoms with E-state index in [1.54, 1.807) is 6.07 Å². The summed E-state index contributed by atoms with van der Waals surface area (Å²) >= 11 is 0. The summed E-state index contributed by atoms with van der Waals surface area (Å²) in [6.45, 7) is 3.92. The van der Waals surface area contributed by atoms with Crippen LogP contribution < -0.4 is 0 Å². The fourth-order valence-corrected chi connectivity index (χ4v) is 2.28. The molecule has 0 aliphatic carbocycles. The highest BCUT2D eigenvalue weighted by atomic mass is 16.5. The maximum atomic E-state index is 11.7. The lowest BCUT2D eigenvalue weighted by Gasteiger charge is -2.04. The van der Waals surface area contributed by atoms with Crippen LogP contribution in [0.2, 0.25) is 0 Å². The van der Waals surface area contributed by atoms with Crippen LogP contribution in [0.5, 0.6) is 5.75 Å². The van der Waals surface area contributed by atoms with Crippen LogP contribution in [-0.2, 0) is 4.74 Å². The number of methoxy groups -OCH3 is 1. The number of allylic oxidation sites excluding steroid dienone is 1. The van der Waals surface area contributed by atoms with E-state index in [4.69, 9.17) is 0 Å². The molecule has 0 amide bonds. The average Bonchev–Trinajstić information content (AvgIpc) is 2.97. The highest BCUT2D eigenvalue weighted by molar-refractivity contribution is 6.24. The van der Waals surface area contributed by atoms with Gasteiger partial charge in [-0.3, -0.25) is 0 Å². The molecule has 0 aromatic heterocycles. The number of phenols is 1. The summed E-state index contributed by atoms with van der Waals surface area (Å²) < 4.78 is 4.65. The summed E-state index contributed by atoms with van der Waals surface area (Å²) in [6.07, 6.45) is 0. The minimum absolute atomic E-state index is 0.0710. The number of carbonyl (C=O) groups is 1. The zero-order valence-electron chi connectivity index (χ0n) is 12.5.